The minimum Gasteiger partial charge on any atom is -0.444 e. The van der Waals surface area contributed by atoms with Gasteiger partial charge in [-0.05, 0) is 58.4 Å². The number of amides is 1. The maximum Gasteiger partial charge on any atom is 0.407 e. The monoisotopic (exact) mass is 348 g/mol. The zero-order chi connectivity index (χ0) is 17.7. The van der Waals surface area contributed by atoms with Gasteiger partial charge in [0.2, 0.25) is 0 Å². The van der Waals surface area contributed by atoms with Crippen LogP contribution in [-0.4, -0.2) is 35.3 Å². The number of hydrogen-bond donors (Lipinski definition) is 1. The number of thiocyanates is 1. The molecular weight excluding hydrogens is 324 g/mol. The normalized spacial score (nSPS) is 21.0. The number of anilines is 1. The van der Waals surface area contributed by atoms with E-state index in [4.69, 9.17) is 10.00 Å². The third-order valence-corrected chi connectivity index (χ3v) is 4.46. The Balaban J connectivity index is 2.09. The highest BCUT2D eigenvalue weighted by Crippen LogP contribution is 2.32. The Hall–Kier alpha value is -1.94. The Morgan fingerprint density at radius 1 is 1.50 bits per heavy atom. The molecular formula is C17H24N4O2S. The van der Waals surface area contributed by atoms with Gasteiger partial charge in [-0.1, -0.05) is 0 Å². The molecule has 0 spiro atoms. The van der Waals surface area contributed by atoms with E-state index in [0.29, 0.717) is 12.6 Å². The quantitative estimate of drug-likeness (QED) is 0.665. The summed E-state index contributed by atoms with van der Waals surface area (Å²) in [6, 6.07) is 2.28. The highest BCUT2D eigenvalue weighted by molar-refractivity contribution is 8.03. The molecule has 0 aliphatic carbocycles. The lowest BCUT2D eigenvalue weighted by atomic mass is 9.99. The second-order valence-corrected chi connectivity index (χ2v) is 7.79. The van der Waals surface area contributed by atoms with Crippen molar-refractivity contribution in [2.24, 2.45) is 0 Å². The molecule has 1 N–H and O–H groups in total. The lowest BCUT2D eigenvalue weighted by Gasteiger charge is -2.40. The maximum atomic E-state index is 12.0. The molecule has 1 aliphatic heterocycles. The predicted octanol–water partition coefficient (Wildman–Crippen LogP) is 3.54. The van der Waals surface area contributed by atoms with Crippen LogP contribution >= 0.6 is 11.8 Å². The van der Waals surface area contributed by atoms with E-state index in [0.717, 1.165) is 35.2 Å². The first kappa shape index (κ1) is 18.4. The lowest BCUT2D eigenvalue weighted by molar-refractivity contribution is 0.0497. The number of thioether (sulfide) groups is 1. The number of hydrogen-bond acceptors (Lipinski definition) is 6. The summed E-state index contributed by atoms with van der Waals surface area (Å²) in [5.74, 6) is 0. The van der Waals surface area contributed by atoms with Crippen molar-refractivity contribution in [3.05, 3.63) is 18.5 Å². The summed E-state index contributed by atoms with van der Waals surface area (Å²) >= 11 is 1.11. The van der Waals surface area contributed by atoms with E-state index in [2.05, 4.69) is 27.5 Å². The molecule has 24 heavy (non-hydrogen) atoms. The largest absolute Gasteiger partial charge is 0.444 e. The second-order valence-electron chi connectivity index (χ2n) is 6.96. The summed E-state index contributed by atoms with van der Waals surface area (Å²) in [5, 5.41) is 14.0. The first-order valence-corrected chi connectivity index (χ1v) is 8.88. The number of carbonyl (C=O) groups is 1. The number of nitrogens with zero attached hydrogens (tertiary/aromatic N) is 3. The molecule has 1 fully saturated rings. The van der Waals surface area contributed by atoms with Gasteiger partial charge in [0.25, 0.3) is 0 Å². The van der Waals surface area contributed by atoms with Crippen molar-refractivity contribution >= 4 is 23.5 Å². The van der Waals surface area contributed by atoms with E-state index in [1.165, 1.54) is 0 Å². The van der Waals surface area contributed by atoms with Gasteiger partial charge in [-0.15, -0.1) is 0 Å². The van der Waals surface area contributed by atoms with E-state index in [9.17, 15) is 4.79 Å². The van der Waals surface area contributed by atoms with Gasteiger partial charge < -0.3 is 15.0 Å². The average molecular weight is 348 g/mol. The highest BCUT2D eigenvalue weighted by Gasteiger charge is 2.29. The minimum atomic E-state index is -0.507. The van der Waals surface area contributed by atoms with Crippen LogP contribution in [0.1, 0.15) is 40.5 Å². The van der Waals surface area contributed by atoms with Crippen LogP contribution in [0.2, 0.25) is 0 Å². The number of pyridine rings is 1. The summed E-state index contributed by atoms with van der Waals surface area (Å²) in [4.78, 5) is 19.2. The number of nitrogens with one attached hydrogen (secondary N) is 1. The zero-order valence-electron chi connectivity index (χ0n) is 14.6. The number of rotatable bonds is 3. The molecule has 2 heterocycles. The van der Waals surface area contributed by atoms with Crippen LogP contribution in [0.4, 0.5) is 10.5 Å². The summed E-state index contributed by atoms with van der Waals surface area (Å²) < 4.78 is 5.34. The van der Waals surface area contributed by atoms with Crippen molar-refractivity contribution in [3.63, 3.8) is 0 Å². The van der Waals surface area contributed by atoms with Gasteiger partial charge in [0.05, 0.1) is 10.6 Å². The first-order chi connectivity index (χ1) is 11.3. The van der Waals surface area contributed by atoms with Crippen molar-refractivity contribution in [1.29, 1.82) is 5.26 Å². The molecule has 1 aliphatic rings. The number of ether oxygens (including phenoxy) is 1. The summed E-state index contributed by atoms with van der Waals surface area (Å²) in [5.41, 5.74) is 0.479. The molecule has 1 saturated heterocycles. The molecule has 2 rings (SSSR count). The number of alkyl carbamates (subject to hydrolysis) is 1. The third-order valence-electron chi connectivity index (χ3n) is 3.83. The van der Waals surface area contributed by atoms with Gasteiger partial charge in [0.1, 0.15) is 11.0 Å². The Labute approximate surface area is 147 Å². The smallest absolute Gasteiger partial charge is 0.407 e. The number of piperidine rings is 1. The van der Waals surface area contributed by atoms with Crippen molar-refractivity contribution in [1.82, 2.24) is 10.3 Å². The Morgan fingerprint density at radius 3 is 2.92 bits per heavy atom. The van der Waals surface area contributed by atoms with E-state index >= 15 is 0 Å². The van der Waals surface area contributed by atoms with Gasteiger partial charge in [-0.25, -0.2) is 4.79 Å². The van der Waals surface area contributed by atoms with E-state index in [1.807, 2.05) is 26.8 Å². The fraction of sp³-hybridized carbons (Fsp3) is 0.588. The van der Waals surface area contributed by atoms with Crippen LogP contribution in [0.25, 0.3) is 0 Å². The summed E-state index contributed by atoms with van der Waals surface area (Å²) in [6.45, 7) is 8.40. The van der Waals surface area contributed by atoms with Crippen LogP contribution in [0, 0.1) is 10.7 Å². The van der Waals surface area contributed by atoms with E-state index in [-0.39, 0.29) is 12.1 Å². The van der Waals surface area contributed by atoms with Gasteiger partial charge in [0.15, 0.2) is 0 Å². The van der Waals surface area contributed by atoms with Crippen molar-refractivity contribution in [2.75, 3.05) is 11.4 Å². The van der Waals surface area contributed by atoms with E-state index in [1.54, 1.807) is 12.4 Å². The summed E-state index contributed by atoms with van der Waals surface area (Å²) in [6.07, 6.45) is 4.92. The van der Waals surface area contributed by atoms with Crippen LogP contribution < -0.4 is 10.2 Å². The number of nitriles is 1. The van der Waals surface area contributed by atoms with Crippen LogP contribution in [-0.2, 0) is 4.74 Å². The lowest BCUT2D eigenvalue weighted by Crippen LogP contribution is -2.52. The number of aromatic nitrogens is 1. The van der Waals surface area contributed by atoms with Crippen LogP contribution in [0.3, 0.4) is 0 Å². The Bertz CT molecular complexity index is 624. The second kappa shape index (κ2) is 7.75. The molecule has 0 aromatic carbocycles. The molecule has 2 unspecified atom stereocenters. The minimum absolute atomic E-state index is 0.0177. The molecule has 0 bridgehead atoms. The molecule has 7 heteroatoms. The van der Waals surface area contributed by atoms with Crippen molar-refractivity contribution in [2.45, 2.75) is 63.1 Å². The molecule has 0 saturated carbocycles. The molecule has 130 valence electrons. The standard InChI is InChI=1S/C17H24N4O2S/c1-12-5-6-13(20-16(22)23-17(2,3)4)10-21(12)14-7-8-19-9-15(14)24-11-18/h7-9,12-13H,5-6,10H2,1-4H3,(H,20,22). The maximum absolute atomic E-state index is 12.0. The van der Waals surface area contributed by atoms with Gasteiger partial charge >= 0.3 is 6.09 Å². The Morgan fingerprint density at radius 2 is 2.25 bits per heavy atom. The van der Waals surface area contributed by atoms with E-state index < -0.39 is 5.60 Å². The van der Waals surface area contributed by atoms with Crippen molar-refractivity contribution in [3.8, 4) is 5.40 Å². The van der Waals surface area contributed by atoms with Gasteiger partial charge in [-0.2, -0.15) is 5.26 Å². The molecule has 1 aromatic heterocycles. The zero-order valence-corrected chi connectivity index (χ0v) is 15.4. The predicted molar refractivity (Wildman–Crippen MR) is 94.9 cm³/mol. The van der Waals surface area contributed by atoms with Crippen LogP contribution in [0.15, 0.2) is 23.4 Å². The fourth-order valence-electron chi connectivity index (χ4n) is 2.77. The third kappa shape index (κ3) is 5.03. The molecule has 1 aromatic rings. The van der Waals surface area contributed by atoms with Gasteiger partial charge in [-0.3, -0.25) is 4.98 Å². The summed E-state index contributed by atoms with van der Waals surface area (Å²) in [7, 11) is 0. The first-order valence-electron chi connectivity index (χ1n) is 8.06. The molecule has 1 amide bonds. The number of carbonyl (C=O) groups excluding carboxylic acids is 1. The molecule has 0 radical (unpaired) electrons. The van der Waals surface area contributed by atoms with Crippen molar-refractivity contribution < 1.29 is 9.53 Å². The van der Waals surface area contributed by atoms with Gasteiger partial charge in [0, 0.05) is 31.0 Å². The SMILES string of the molecule is CC1CCC(NC(=O)OC(C)(C)C)CN1c1ccncc1SC#N. The molecule has 6 nitrogen and oxygen atoms in total. The topological polar surface area (TPSA) is 78.2 Å². The Kier molecular flexibility index (Phi) is 5.94. The average Bonchev–Trinajstić information content (AvgIpc) is 2.48. The van der Waals surface area contributed by atoms with Crippen LogP contribution in [0.5, 0.6) is 0 Å². The fourth-order valence-corrected chi connectivity index (χ4v) is 3.27. The highest BCUT2D eigenvalue weighted by atomic mass is 32.2. The molecule has 2 atom stereocenters.